The maximum Gasteiger partial charge on any atom is 0.306 e. The Morgan fingerprint density at radius 3 is 0.756 bits per heavy atom. The van der Waals surface area contributed by atoms with E-state index in [4.69, 9.17) is 14.2 Å². The Balaban J connectivity index is 4.26. The zero-order chi connectivity index (χ0) is 59.2. The molecule has 0 aliphatic rings. The molecule has 0 aliphatic heterocycles. The smallest absolute Gasteiger partial charge is 0.306 e. The summed E-state index contributed by atoms with van der Waals surface area (Å²) in [5.74, 6) is -0.856. The van der Waals surface area contributed by atoms with Gasteiger partial charge in [0, 0.05) is 19.3 Å². The Morgan fingerprint density at radius 2 is 0.476 bits per heavy atom. The molecule has 6 nitrogen and oxygen atoms in total. The Bertz CT molecular complexity index is 1500. The number of carbonyl (C=O) groups excluding carboxylic acids is 3. The topological polar surface area (TPSA) is 78.9 Å². The van der Waals surface area contributed by atoms with Gasteiger partial charge in [-0.15, -0.1) is 0 Å². The van der Waals surface area contributed by atoms with Crippen molar-refractivity contribution in [3.05, 3.63) is 72.9 Å². The fraction of sp³-hybridized carbons (Fsp3) is 0.803. The Morgan fingerprint density at radius 1 is 0.256 bits per heavy atom. The average Bonchev–Trinajstić information content (AvgIpc) is 3.47. The Kier molecular flexibility index (Phi) is 67.6. The van der Waals surface area contributed by atoms with E-state index in [1.165, 1.54) is 238 Å². The van der Waals surface area contributed by atoms with Gasteiger partial charge in [-0.2, -0.15) is 0 Å². The van der Waals surface area contributed by atoms with Gasteiger partial charge in [-0.1, -0.05) is 338 Å². The lowest BCUT2D eigenvalue weighted by atomic mass is 10.0. The number of esters is 3. The second-order valence-electron chi connectivity index (χ2n) is 24.1. The zero-order valence-corrected chi connectivity index (χ0v) is 54.8. The van der Waals surface area contributed by atoms with Crippen LogP contribution in [0.25, 0.3) is 0 Å². The standard InChI is InChI=1S/C76H136O6/c1-4-7-10-13-16-19-22-25-28-31-33-34-35-36-37-38-39-40-41-42-43-46-48-51-54-57-60-63-66-69-75(78)81-72-73(71-80-74(77)68-65-62-59-56-53-50-47-44-30-27-24-21-18-15-12-9-6-3)82-76(79)70-67-64-61-58-55-52-49-45-32-29-26-23-20-17-14-11-8-5-2/h7,10,16,19-20,23,25,28-29,32-34,73H,4-6,8-9,11-15,17-18,21-22,24,26-27,30-31,35-72H2,1-3H3/b10-7-,19-16-,23-20-,28-25-,32-29-,34-33-. The molecule has 0 aromatic heterocycles. The summed E-state index contributed by atoms with van der Waals surface area (Å²) in [5.41, 5.74) is 0. The van der Waals surface area contributed by atoms with Crippen LogP contribution in [0.1, 0.15) is 374 Å². The minimum Gasteiger partial charge on any atom is -0.462 e. The first-order valence-electron chi connectivity index (χ1n) is 35.9. The van der Waals surface area contributed by atoms with Gasteiger partial charge in [0.05, 0.1) is 0 Å². The molecule has 0 saturated heterocycles. The molecule has 0 radical (unpaired) electrons. The lowest BCUT2D eigenvalue weighted by molar-refractivity contribution is -0.167. The fourth-order valence-electron chi connectivity index (χ4n) is 10.6. The number of allylic oxidation sites excluding steroid dienone is 12. The SMILES string of the molecule is CC/C=C\C/C=C\C/C=C\C/C=C\CCCCCCCCCCCCCCCCCCC(=O)OCC(COC(=O)CCCCCCCCCCCCCCCCCCC)OC(=O)CCCCCCCCC/C=C\C/C=C\CCCCCC. The first-order valence-corrected chi connectivity index (χ1v) is 35.9. The number of hydrogen-bond acceptors (Lipinski definition) is 6. The van der Waals surface area contributed by atoms with E-state index in [-0.39, 0.29) is 31.1 Å². The maximum atomic E-state index is 13.0. The van der Waals surface area contributed by atoms with E-state index in [0.29, 0.717) is 19.3 Å². The second kappa shape index (κ2) is 70.3. The van der Waals surface area contributed by atoms with Crippen molar-refractivity contribution in [2.24, 2.45) is 0 Å². The Labute approximate surface area is 510 Å². The van der Waals surface area contributed by atoms with E-state index >= 15 is 0 Å². The molecule has 0 aromatic carbocycles. The minimum absolute atomic E-state index is 0.0730. The highest BCUT2D eigenvalue weighted by Gasteiger charge is 2.19. The summed E-state index contributed by atoms with van der Waals surface area (Å²) in [5, 5.41) is 0. The molecule has 0 amide bonds. The molecular weight excluding hydrogens is 1010 g/mol. The molecule has 0 heterocycles. The second-order valence-corrected chi connectivity index (χ2v) is 24.1. The van der Waals surface area contributed by atoms with E-state index in [1.807, 2.05) is 0 Å². The number of rotatable bonds is 66. The van der Waals surface area contributed by atoms with Crippen molar-refractivity contribution >= 4 is 17.9 Å². The molecule has 0 aliphatic carbocycles. The van der Waals surface area contributed by atoms with E-state index in [0.717, 1.165) is 96.3 Å². The molecule has 0 bridgehead atoms. The quantitative estimate of drug-likeness (QED) is 0.0261. The third-order valence-corrected chi connectivity index (χ3v) is 15.9. The van der Waals surface area contributed by atoms with Crippen LogP contribution in [0.4, 0.5) is 0 Å². The third kappa shape index (κ3) is 67.6. The molecule has 0 saturated carbocycles. The van der Waals surface area contributed by atoms with Gasteiger partial charge in [-0.25, -0.2) is 0 Å². The Hall–Kier alpha value is -3.15. The number of hydrogen-bond donors (Lipinski definition) is 0. The van der Waals surface area contributed by atoms with Crippen molar-refractivity contribution in [2.75, 3.05) is 13.2 Å². The first kappa shape index (κ1) is 78.8. The van der Waals surface area contributed by atoms with Crippen molar-refractivity contribution in [1.82, 2.24) is 0 Å². The van der Waals surface area contributed by atoms with Gasteiger partial charge in [0.15, 0.2) is 6.10 Å². The van der Waals surface area contributed by atoms with Gasteiger partial charge in [0.25, 0.3) is 0 Å². The van der Waals surface area contributed by atoms with Crippen molar-refractivity contribution in [1.29, 1.82) is 0 Å². The largest absolute Gasteiger partial charge is 0.462 e. The highest BCUT2D eigenvalue weighted by molar-refractivity contribution is 5.71. The van der Waals surface area contributed by atoms with Gasteiger partial charge in [-0.3, -0.25) is 14.4 Å². The fourth-order valence-corrected chi connectivity index (χ4v) is 10.6. The monoisotopic (exact) mass is 1150 g/mol. The number of carbonyl (C=O) groups is 3. The van der Waals surface area contributed by atoms with Crippen LogP contribution in [0.2, 0.25) is 0 Å². The predicted octanol–water partition coefficient (Wildman–Crippen LogP) is 24.8. The number of unbranched alkanes of at least 4 members (excludes halogenated alkanes) is 43. The van der Waals surface area contributed by atoms with E-state index in [1.54, 1.807) is 0 Å². The van der Waals surface area contributed by atoms with E-state index in [2.05, 4.69) is 93.7 Å². The number of ether oxygens (including phenoxy) is 3. The van der Waals surface area contributed by atoms with Gasteiger partial charge in [-0.05, 0) is 89.9 Å². The first-order chi connectivity index (χ1) is 40.5. The van der Waals surface area contributed by atoms with Crippen LogP contribution in [-0.2, 0) is 28.6 Å². The molecule has 0 rings (SSSR count). The summed E-state index contributed by atoms with van der Waals surface area (Å²) < 4.78 is 17.0. The van der Waals surface area contributed by atoms with E-state index in [9.17, 15) is 14.4 Å². The molecule has 1 atom stereocenters. The average molecular weight is 1150 g/mol. The van der Waals surface area contributed by atoms with E-state index < -0.39 is 6.10 Å². The van der Waals surface area contributed by atoms with Gasteiger partial charge < -0.3 is 14.2 Å². The van der Waals surface area contributed by atoms with Crippen molar-refractivity contribution in [3.63, 3.8) is 0 Å². The summed E-state index contributed by atoms with van der Waals surface area (Å²) in [6.45, 7) is 6.57. The van der Waals surface area contributed by atoms with Crippen LogP contribution in [0.3, 0.4) is 0 Å². The molecule has 0 N–H and O–H groups in total. The third-order valence-electron chi connectivity index (χ3n) is 15.9. The lowest BCUT2D eigenvalue weighted by Gasteiger charge is -2.18. The summed E-state index contributed by atoms with van der Waals surface area (Å²) >= 11 is 0. The van der Waals surface area contributed by atoms with Crippen LogP contribution < -0.4 is 0 Å². The summed E-state index contributed by atoms with van der Waals surface area (Å²) in [6, 6.07) is 0. The van der Waals surface area contributed by atoms with Gasteiger partial charge in [0.2, 0.25) is 0 Å². The molecular formula is C76H136O6. The summed E-state index contributed by atoms with van der Waals surface area (Å²) in [6.07, 6.45) is 92.1. The summed E-state index contributed by atoms with van der Waals surface area (Å²) in [7, 11) is 0. The minimum atomic E-state index is -0.778. The molecule has 6 heteroatoms. The predicted molar refractivity (Wildman–Crippen MR) is 358 cm³/mol. The maximum absolute atomic E-state index is 13.0. The van der Waals surface area contributed by atoms with Crippen LogP contribution in [0.15, 0.2) is 72.9 Å². The van der Waals surface area contributed by atoms with Crippen LogP contribution >= 0.6 is 0 Å². The van der Waals surface area contributed by atoms with Gasteiger partial charge >= 0.3 is 17.9 Å². The van der Waals surface area contributed by atoms with Crippen molar-refractivity contribution in [3.8, 4) is 0 Å². The summed E-state index contributed by atoms with van der Waals surface area (Å²) in [4.78, 5) is 38.5. The zero-order valence-electron chi connectivity index (χ0n) is 54.8. The highest BCUT2D eigenvalue weighted by atomic mass is 16.6. The van der Waals surface area contributed by atoms with Gasteiger partial charge in [0.1, 0.15) is 13.2 Å². The van der Waals surface area contributed by atoms with Crippen LogP contribution in [0.5, 0.6) is 0 Å². The van der Waals surface area contributed by atoms with Crippen LogP contribution in [0, 0.1) is 0 Å². The molecule has 82 heavy (non-hydrogen) atoms. The van der Waals surface area contributed by atoms with Crippen LogP contribution in [-0.4, -0.2) is 37.2 Å². The molecule has 0 aromatic rings. The molecule has 0 spiro atoms. The normalized spacial score (nSPS) is 12.5. The van der Waals surface area contributed by atoms with Crippen molar-refractivity contribution in [2.45, 2.75) is 380 Å². The molecule has 0 fully saturated rings. The lowest BCUT2D eigenvalue weighted by Crippen LogP contribution is -2.30. The molecule has 1 unspecified atom stereocenters. The molecule has 476 valence electrons. The highest BCUT2D eigenvalue weighted by Crippen LogP contribution is 2.18. The van der Waals surface area contributed by atoms with Crippen molar-refractivity contribution < 1.29 is 28.6 Å².